The minimum atomic E-state index is -3.66. The van der Waals surface area contributed by atoms with Gasteiger partial charge in [0, 0.05) is 10.2 Å². The van der Waals surface area contributed by atoms with E-state index in [-0.39, 0.29) is 5.03 Å². The number of rotatable bonds is 3. The van der Waals surface area contributed by atoms with Gasteiger partial charge in [-0.1, -0.05) is 0 Å². The number of nitrogen functional groups attached to an aromatic ring is 1. The first-order valence-electron chi connectivity index (χ1n) is 4.98. The fourth-order valence-corrected chi connectivity index (χ4v) is 2.62. The van der Waals surface area contributed by atoms with Crippen LogP contribution in [0.25, 0.3) is 0 Å². The van der Waals surface area contributed by atoms with Gasteiger partial charge in [0.25, 0.3) is 10.0 Å². The van der Waals surface area contributed by atoms with Crippen LogP contribution in [0.4, 0.5) is 11.4 Å². The van der Waals surface area contributed by atoms with Crippen molar-refractivity contribution in [3.63, 3.8) is 0 Å². The molecule has 0 fully saturated rings. The zero-order chi connectivity index (χ0) is 13.3. The number of sulfonamides is 1. The molecule has 0 atom stereocenters. The smallest absolute Gasteiger partial charge is 0.278 e. The van der Waals surface area contributed by atoms with Crippen molar-refractivity contribution in [3.05, 3.63) is 34.7 Å². The highest BCUT2D eigenvalue weighted by molar-refractivity contribution is 9.10. The predicted octanol–water partition coefficient (Wildman–Crippen LogP) is 1.86. The summed E-state index contributed by atoms with van der Waals surface area (Å²) >= 11 is 3.24. The summed E-state index contributed by atoms with van der Waals surface area (Å²) in [5.41, 5.74) is 6.53. The van der Waals surface area contributed by atoms with E-state index in [0.717, 1.165) is 0 Å². The van der Waals surface area contributed by atoms with Crippen molar-refractivity contribution in [2.24, 2.45) is 0 Å². The third kappa shape index (κ3) is 2.65. The fourth-order valence-electron chi connectivity index (χ4n) is 1.35. The SMILES string of the molecule is Cc1ncc(S(=O)(=O)Nc2ccc(Br)c(N)c2)[nH]1. The second-order valence-corrected chi connectivity index (χ2v) is 6.18. The number of aromatic nitrogens is 2. The maximum atomic E-state index is 12.0. The first-order chi connectivity index (χ1) is 8.38. The Morgan fingerprint density at radius 3 is 2.72 bits per heavy atom. The normalized spacial score (nSPS) is 11.4. The third-order valence-corrected chi connectivity index (χ3v) is 4.23. The molecule has 4 N–H and O–H groups in total. The number of H-pyrrole nitrogens is 1. The number of benzene rings is 1. The van der Waals surface area contributed by atoms with Crippen molar-refractivity contribution in [2.75, 3.05) is 10.5 Å². The minimum Gasteiger partial charge on any atom is -0.398 e. The van der Waals surface area contributed by atoms with Crippen LogP contribution in [0.5, 0.6) is 0 Å². The lowest BCUT2D eigenvalue weighted by atomic mass is 10.3. The van der Waals surface area contributed by atoms with Crippen molar-refractivity contribution in [1.29, 1.82) is 0 Å². The molecule has 0 aliphatic heterocycles. The molecule has 2 aromatic rings. The maximum Gasteiger partial charge on any atom is 0.278 e. The van der Waals surface area contributed by atoms with Crippen molar-refractivity contribution in [1.82, 2.24) is 9.97 Å². The topological polar surface area (TPSA) is 101 Å². The molecule has 0 amide bonds. The molecule has 0 saturated heterocycles. The lowest BCUT2D eigenvalue weighted by Crippen LogP contribution is -2.13. The number of nitrogens with one attached hydrogen (secondary N) is 2. The summed E-state index contributed by atoms with van der Waals surface area (Å²) in [5.74, 6) is 0.533. The van der Waals surface area contributed by atoms with Gasteiger partial charge in [-0.05, 0) is 41.1 Å². The van der Waals surface area contributed by atoms with E-state index in [1.807, 2.05) is 0 Å². The van der Waals surface area contributed by atoms with E-state index in [0.29, 0.717) is 21.7 Å². The highest BCUT2D eigenvalue weighted by Crippen LogP contribution is 2.24. The molecule has 1 aromatic carbocycles. The summed E-state index contributed by atoms with van der Waals surface area (Å²) in [4.78, 5) is 6.51. The van der Waals surface area contributed by atoms with E-state index in [9.17, 15) is 8.42 Å². The Hall–Kier alpha value is -1.54. The molecule has 0 aliphatic rings. The fraction of sp³-hybridized carbons (Fsp3) is 0.100. The Labute approximate surface area is 113 Å². The molecule has 2 rings (SSSR count). The highest BCUT2D eigenvalue weighted by atomic mass is 79.9. The zero-order valence-corrected chi connectivity index (χ0v) is 11.8. The minimum absolute atomic E-state index is 0.0153. The van der Waals surface area contributed by atoms with Crippen molar-refractivity contribution in [3.8, 4) is 0 Å². The van der Waals surface area contributed by atoms with Gasteiger partial charge in [0.05, 0.1) is 11.9 Å². The van der Waals surface area contributed by atoms with Gasteiger partial charge in [-0.15, -0.1) is 0 Å². The Balaban J connectivity index is 2.30. The summed E-state index contributed by atoms with van der Waals surface area (Å²) in [7, 11) is -3.66. The average Bonchev–Trinajstić information content (AvgIpc) is 2.71. The second kappa shape index (κ2) is 4.62. The van der Waals surface area contributed by atoms with Crippen LogP contribution < -0.4 is 10.5 Å². The molecule has 0 spiro atoms. The van der Waals surface area contributed by atoms with Gasteiger partial charge < -0.3 is 10.7 Å². The van der Waals surface area contributed by atoms with Crippen LogP contribution in [0.15, 0.2) is 33.9 Å². The van der Waals surface area contributed by atoms with Crippen molar-refractivity contribution in [2.45, 2.75) is 11.9 Å². The molecule has 0 bridgehead atoms. The Morgan fingerprint density at radius 2 is 2.17 bits per heavy atom. The molecule has 1 aromatic heterocycles. The van der Waals surface area contributed by atoms with Crippen LogP contribution >= 0.6 is 15.9 Å². The van der Waals surface area contributed by atoms with E-state index in [4.69, 9.17) is 5.73 Å². The van der Waals surface area contributed by atoms with Crippen LogP contribution in [-0.4, -0.2) is 18.4 Å². The molecule has 0 unspecified atom stereocenters. The summed E-state index contributed by atoms with van der Waals surface area (Å²) in [5, 5.41) is 0.0153. The number of hydrogen-bond donors (Lipinski definition) is 3. The maximum absolute atomic E-state index is 12.0. The van der Waals surface area contributed by atoms with Crippen LogP contribution in [0.2, 0.25) is 0 Å². The Kier molecular flexibility index (Phi) is 3.31. The summed E-state index contributed by atoms with van der Waals surface area (Å²) in [6.45, 7) is 1.68. The molecule has 0 saturated carbocycles. The molecular formula is C10H11BrN4O2S. The van der Waals surface area contributed by atoms with E-state index < -0.39 is 10.0 Å². The number of nitrogens with two attached hydrogens (primary N) is 1. The first-order valence-corrected chi connectivity index (χ1v) is 7.25. The van der Waals surface area contributed by atoms with Gasteiger partial charge in [0.15, 0.2) is 5.03 Å². The van der Waals surface area contributed by atoms with E-state index in [1.54, 1.807) is 19.1 Å². The average molecular weight is 331 g/mol. The summed E-state index contributed by atoms with van der Waals surface area (Å²) in [6, 6.07) is 4.82. The van der Waals surface area contributed by atoms with E-state index >= 15 is 0 Å². The monoisotopic (exact) mass is 330 g/mol. The van der Waals surface area contributed by atoms with Crippen LogP contribution in [0.1, 0.15) is 5.82 Å². The Bertz CT molecular complexity index is 681. The number of halogens is 1. The lowest BCUT2D eigenvalue weighted by molar-refractivity contribution is 0.598. The van der Waals surface area contributed by atoms with Gasteiger partial charge >= 0.3 is 0 Å². The van der Waals surface area contributed by atoms with Gasteiger partial charge in [-0.2, -0.15) is 8.42 Å². The summed E-state index contributed by atoms with van der Waals surface area (Å²) < 4.78 is 27.1. The summed E-state index contributed by atoms with van der Waals surface area (Å²) in [6.07, 6.45) is 1.26. The molecule has 0 aliphatic carbocycles. The lowest BCUT2D eigenvalue weighted by Gasteiger charge is -2.07. The molecule has 96 valence electrons. The quantitative estimate of drug-likeness (QED) is 0.747. The number of aromatic amines is 1. The number of imidazole rings is 1. The number of aryl methyl sites for hydroxylation is 1. The van der Waals surface area contributed by atoms with Crippen molar-refractivity contribution < 1.29 is 8.42 Å². The number of nitrogens with zero attached hydrogens (tertiary/aromatic N) is 1. The molecule has 6 nitrogen and oxygen atoms in total. The molecule has 0 radical (unpaired) electrons. The van der Waals surface area contributed by atoms with E-state index in [2.05, 4.69) is 30.6 Å². The van der Waals surface area contributed by atoms with Gasteiger partial charge in [-0.25, -0.2) is 4.98 Å². The van der Waals surface area contributed by atoms with Gasteiger partial charge in [0.1, 0.15) is 5.82 Å². The first kappa shape index (κ1) is 12.9. The third-order valence-electron chi connectivity index (χ3n) is 2.22. The van der Waals surface area contributed by atoms with Gasteiger partial charge in [-0.3, -0.25) is 4.72 Å². The van der Waals surface area contributed by atoms with Crippen molar-refractivity contribution >= 4 is 37.3 Å². The number of anilines is 2. The van der Waals surface area contributed by atoms with Crippen LogP contribution in [0.3, 0.4) is 0 Å². The highest BCUT2D eigenvalue weighted by Gasteiger charge is 2.16. The van der Waals surface area contributed by atoms with Crippen LogP contribution in [-0.2, 0) is 10.0 Å². The molecule has 8 heteroatoms. The van der Waals surface area contributed by atoms with Gasteiger partial charge in [0.2, 0.25) is 0 Å². The predicted molar refractivity (Wildman–Crippen MR) is 72.7 cm³/mol. The van der Waals surface area contributed by atoms with Crippen LogP contribution in [0, 0.1) is 6.92 Å². The second-order valence-electron chi connectivity index (χ2n) is 3.67. The standard InChI is InChI=1S/C10H11BrN4O2S/c1-6-13-5-10(14-6)18(16,17)15-7-2-3-8(11)9(12)4-7/h2-5,15H,12H2,1H3,(H,13,14). The number of hydrogen-bond acceptors (Lipinski definition) is 4. The zero-order valence-electron chi connectivity index (χ0n) is 9.44. The Morgan fingerprint density at radius 1 is 1.44 bits per heavy atom. The van der Waals surface area contributed by atoms with E-state index in [1.165, 1.54) is 12.3 Å². The molecular weight excluding hydrogens is 320 g/mol. The molecule has 1 heterocycles. The largest absolute Gasteiger partial charge is 0.398 e. The molecule has 18 heavy (non-hydrogen) atoms.